The highest BCUT2D eigenvalue weighted by Gasteiger charge is 2.28. The van der Waals surface area contributed by atoms with Crippen molar-refractivity contribution in [2.75, 3.05) is 44.3 Å². The van der Waals surface area contributed by atoms with E-state index >= 15 is 0 Å². The topological polar surface area (TPSA) is 58.9 Å². The van der Waals surface area contributed by atoms with E-state index < -0.39 is 0 Å². The third-order valence-corrected chi connectivity index (χ3v) is 4.99. The first-order valence-corrected chi connectivity index (χ1v) is 8.45. The van der Waals surface area contributed by atoms with E-state index in [1.54, 1.807) is 6.07 Å². The van der Waals surface area contributed by atoms with Gasteiger partial charge in [0.1, 0.15) is 5.69 Å². The van der Waals surface area contributed by atoms with Gasteiger partial charge in [-0.1, -0.05) is 15.9 Å². The van der Waals surface area contributed by atoms with Gasteiger partial charge in [0.25, 0.3) is 5.69 Å². The molecular weight excluding hydrogens is 350 g/mol. The Bertz CT molecular complexity index is 541. The van der Waals surface area contributed by atoms with E-state index in [0.29, 0.717) is 6.04 Å². The summed E-state index contributed by atoms with van der Waals surface area (Å²) in [5.74, 6) is 0. The van der Waals surface area contributed by atoms with Gasteiger partial charge in [0.2, 0.25) is 0 Å². The molecule has 3 rings (SSSR count). The maximum atomic E-state index is 11.3. The second-order valence-corrected chi connectivity index (χ2v) is 6.67. The highest BCUT2D eigenvalue weighted by atomic mass is 79.9. The number of hydrogen-bond donors (Lipinski definition) is 0. The summed E-state index contributed by atoms with van der Waals surface area (Å²) < 4.78 is 6.14. The molecule has 0 amide bonds. The lowest BCUT2D eigenvalue weighted by Gasteiger charge is -2.40. The standard InChI is InChI=1S/C15H20BrN3O3/c16-12-1-2-14(15(11-12)19(20)21)18-5-3-13(4-6-18)17-7-9-22-10-8-17/h1-2,11,13H,3-10H2. The maximum absolute atomic E-state index is 11.3. The van der Waals surface area contributed by atoms with Crippen LogP contribution in [0.15, 0.2) is 22.7 Å². The van der Waals surface area contributed by atoms with Crippen LogP contribution >= 0.6 is 15.9 Å². The lowest BCUT2D eigenvalue weighted by Crippen LogP contribution is -2.49. The predicted molar refractivity (Wildman–Crippen MR) is 88.4 cm³/mol. The molecule has 1 aromatic rings. The normalized spacial score (nSPS) is 21.0. The Labute approximate surface area is 138 Å². The summed E-state index contributed by atoms with van der Waals surface area (Å²) in [5.41, 5.74) is 0.910. The van der Waals surface area contributed by atoms with Gasteiger partial charge in [-0.05, 0) is 25.0 Å². The van der Waals surface area contributed by atoms with Gasteiger partial charge in [-0.2, -0.15) is 0 Å². The minimum Gasteiger partial charge on any atom is -0.379 e. The number of nitro benzene ring substituents is 1. The van der Waals surface area contributed by atoms with E-state index in [1.165, 1.54) is 0 Å². The molecule has 0 radical (unpaired) electrons. The van der Waals surface area contributed by atoms with Gasteiger partial charge < -0.3 is 9.64 Å². The molecular formula is C15H20BrN3O3. The number of anilines is 1. The van der Waals surface area contributed by atoms with Crippen LogP contribution in [0, 0.1) is 10.1 Å². The Morgan fingerprint density at radius 2 is 1.86 bits per heavy atom. The summed E-state index contributed by atoms with van der Waals surface area (Å²) in [6.07, 6.45) is 2.10. The summed E-state index contributed by atoms with van der Waals surface area (Å²) in [6.45, 7) is 5.37. The van der Waals surface area contributed by atoms with E-state index in [-0.39, 0.29) is 10.6 Å². The van der Waals surface area contributed by atoms with Gasteiger partial charge in [-0.25, -0.2) is 0 Å². The van der Waals surface area contributed by atoms with Crippen molar-refractivity contribution in [1.82, 2.24) is 4.90 Å². The molecule has 2 heterocycles. The number of nitrogens with zero attached hydrogens (tertiary/aromatic N) is 3. The molecule has 6 nitrogen and oxygen atoms in total. The zero-order valence-electron chi connectivity index (χ0n) is 12.4. The van der Waals surface area contributed by atoms with Crippen molar-refractivity contribution >= 4 is 27.3 Å². The van der Waals surface area contributed by atoms with E-state index in [4.69, 9.17) is 4.74 Å². The Morgan fingerprint density at radius 3 is 2.50 bits per heavy atom. The first kappa shape index (κ1) is 15.7. The summed E-state index contributed by atoms with van der Waals surface area (Å²) in [6, 6.07) is 5.88. The molecule has 2 aliphatic heterocycles. The van der Waals surface area contributed by atoms with Gasteiger partial charge in [0, 0.05) is 42.8 Å². The zero-order chi connectivity index (χ0) is 15.5. The molecule has 1 aromatic carbocycles. The van der Waals surface area contributed by atoms with Crippen molar-refractivity contribution in [3.05, 3.63) is 32.8 Å². The minimum absolute atomic E-state index is 0.180. The van der Waals surface area contributed by atoms with Crippen LogP contribution in [0.4, 0.5) is 11.4 Å². The summed E-state index contributed by atoms with van der Waals surface area (Å²) >= 11 is 3.31. The molecule has 0 saturated carbocycles. The van der Waals surface area contributed by atoms with Crippen LogP contribution in [-0.4, -0.2) is 55.3 Å². The van der Waals surface area contributed by atoms with Crippen molar-refractivity contribution in [3.8, 4) is 0 Å². The van der Waals surface area contributed by atoms with E-state index in [0.717, 1.165) is 62.4 Å². The lowest BCUT2D eigenvalue weighted by atomic mass is 10.0. The molecule has 0 bridgehead atoms. The first-order valence-electron chi connectivity index (χ1n) is 7.66. The molecule has 2 fully saturated rings. The molecule has 0 aliphatic carbocycles. The third-order valence-electron chi connectivity index (χ3n) is 4.50. The second kappa shape index (κ2) is 6.93. The van der Waals surface area contributed by atoms with E-state index in [9.17, 15) is 10.1 Å². The molecule has 22 heavy (non-hydrogen) atoms. The molecule has 7 heteroatoms. The smallest absolute Gasteiger partial charge is 0.293 e. The van der Waals surface area contributed by atoms with Crippen LogP contribution < -0.4 is 4.90 Å². The predicted octanol–water partition coefficient (Wildman–Crippen LogP) is 2.66. The largest absolute Gasteiger partial charge is 0.379 e. The quantitative estimate of drug-likeness (QED) is 0.605. The van der Waals surface area contributed by atoms with E-state index in [2.05, 4.69) is 25.7 Å². The van der Waals surface area contributed by atoms with Crippen LogP contribution in [0.25, 0.3) is 0 Å². The second-order valence-electron chi connectivity index (χ2n) is 5.76. The van der Waals surface area contributed by atoms with Crippen LogP contribution in [0.5, 0.6) is 0 Å². The number of hydrogen-bond acceptors (Lipinski definition) is 5. The monoisotopic (exact) mass is 369 g/mol. The lowest BCUT2D eigenvalue weighted by molar-refractivity contribution is -0.384. The van der Waals surface area contributed by atoms with Gasteiger partial charge in [0.15, 0.2) is 0 Å². The summed E-state index contributed by atoms with van der Waals surface area (Å²) in [5, 5.41) is 11.3. The van der Waals surface area contributed by atoms with E-state index in [1.807, 2.05) is 12.1 Å². The fraction of sp³-hybridized carbons (Fsp3) is 0.600. The highest BCUT2D eigenvalue weighted by molar-refractivity contribution is 9.10. The molecule has 2 aliphatic rings. The molecule has 0 N–H and O–H groups in total. The van der Waals surface area contributed by atoms with Gasteiger partial charge >= 0.3 is 0 Å². The molecule has 120 valence electrons. The number of halogens is 1. The fourth-order valence-corrected chi connectivity index (χ4v) is 3.67. The summed E-state index contributed by atoms with van der Waals surface area (Å²) in [4.78, 5) is 15.6. The molecule has 0 spiro atoms. The molecule has 2 saturated heterocycles. The zero-order valence-corrected chi connectivity index (χ0v) is 14.0. The fourth-order valence-electron chi connectivity index (χ4n) is 3.32. The summed E-state index contributed by atoms with van der Waals surface area (Å²) in [7, 11) is 0. The average molecular weight is 370 g/mol. The average Bonchev–Trinajstić information content (AvgIpc) is 2.56. The Hall–Kier alpha value is -1.18. The third kappa shape index (κ3) is 3.42. The molecule has 0 unspecified atom stereocenters. The van der Waals surface area contributed by atoms with Crippen molar-refractivity contribution in [2.24, 2.45) is 0 Å². The van der Waals surface area contributed by atoms with Crippen LogP contribution in [-0.2, 0) is 4.74 Å². The first-order chi connectivity index (χ1) is 10.6. The van der Waals surface area contributed by atoms with Gasteiger partial charge in [-0.15, -0.1) is 0 Å². The van der Waals surface area contributed by atoms with Crippen molar-refractivity contribution in [1.29, 1.82) is 0 Å². The maximum Gasteiger partial charge on any atom is 0.293 e. The van der Waals surface area contributed by atoms with Gasteiger partial charge in [-0.3, -0.25) is 15.0 Å². The number of nitro groups is 1. The van der Waals surface area contributed by atoms with Crippen LogP contribution in [0.2, 0.25) is 0 Å². The highest BCUT2D eigenvalue weighted by Crippen LogP contribution is 2.33. The number of ether oxygens (including phenoxy) is 1. The SMILES string of the molecule is O=[N+]([O-])c1cc(Br)ccc1N1CCC(N2CCOCC2)CC1. The van der Waals surface area contributed by atoms with Crippen molar-refractivity contribution in [2.45, 2.75) is 18.9 Å². The Kier molecular flexibility index (Phi) is 4.95. The molecule has 0 atom stereocenters. The van der Waals surface area contributed by atoms with Crippen LogP contribution in [0.3, 0.4) is 0 Å². The van der Waals surface area contributed by atoms with Crippen molar-refractivity contribution < 1.29 is 9.66 Å². The number of benzene rings is 1. The Morgan fingerprint density at radius 1 is 1.18 bits per heavy atom. The number of rotatable bonds is 3. The van der Waals surface area contributed by atoms with Crippen LogP contribution in [0.1, 0.15) is 12.8 Å². The minimum atomic E-state index is -0.297. The molecule has 0 aromatic heterocycles. The number of morpholine rings is 1. The number of piperidine rings is 1. The van der Waals surface area contributed by atoms with Gasteiger partial charge in [0.05, 0.1) is 18.1 Å². The Balaban J connectivity index is 1.67. The van der Waals surface area contributed by atoms with Crippen molar-refractivity contribution in [3.63, 3.8) is 0 Å².